The molecule has 0 fully saturated rings. The summed E-state index contributed by atoms with van der Waals surface area (Å²) in [6, 6.07) is 5.57. The quantitative estimate of drug-likeness (QED) is 0.907. The van der Waals surface area contributed by atoms with Gasteiger partial charge in [0.05, 0.1) is 0 Å². The molecule has 1 heterocycles. The van der Waals surface area contributed by atoms with Crippen molar-refractivity contribution in [2.75, 3.05) is 5.32 Å². The molecule has 0 unspecified atom stereocenters. The van der Waals surface area contributed by atoms with Crippen molar-refractivity contribution >= 4 is 11.6 Å². The summed E-state index contributed by atoms with van der Waals surface area (Å²) < 4.78 is 18.1. The first-order valence-corrected chi connectivity index (χ1v) is 5.46. The van der Waals surface area contributed by atoms with Crippen molar-refractivity contribution in [2.24, 2.45) is 0 Å². The number of carbonyl (C=O) groups excluding carboxylic acids is 1. The van der Waals surface area contributed by atoms with Crippen molar-refractivity contribution < 1.29 is 13.6 Å². The molecule has 94 valence electrons. The molecule has 0 aliphatic rings. The van der Waals surface area contributed by atoms with Crippen molar-refractivity contribution in [1.82, 2.24) is 10.2 Å². The summed E-state index contributed by atoms with van der Waals surface area (Å²) in [5, 5.41) is 9.85. The Labute approximate surface area is 103 Å². The van der Waals surface area contributed by atoms with Crippen LogP contribution in [0, 0.1) is 5.82 Å². The molecule has 2 aromatic rings. The van der Waals surface area contributed by atoms with Gasteiger partial charge in [-0.1, -0.05) is 19.9 Å². The van der Waals surface area contributed by atoms with Crippen molar-refractivity contribution in [1.29, 1.82) is 0 Å². The first kappa shape index (κ1) is 12.2. The van der Waals surface area contributed by atoms with Gasteiger partial charge >= 0.3 is 11.8 Å². The van der Waals surface area contributed by atoms with Crippen LogP contribution in [0.4, 0.5) is 10.1 Å². The van der Waals surface area contributed by atoms with Crippen LogP contribution in [0.5, 0.6) is 0 Å². The van der Waals surface area contributed by atoms with Crippen LogP contribution in [-0.4, -0.2) is 16.1 Å². The van der Waals surface area contributed by atoms with Crippen LogP contribution < -0.4 is 5.32 Å². The Hall–Kier alpha value is -2.24. The van der Waals surface area contributed by atoms with Crippen molar-refractivity contribution in [3.63, 3.8) is 0 Å². The zero-order valence-electron chi connectivity index (χ0n) is 9.98. The van der Waals surface area contributed by atoms with Gasteiger partial charge in [0.2, 0.25) is 5.89 Å². The lowest BCUT2D eigenvalue weighted by Crippen LogP contribution is -2.12. The fourth-order valence-corrected chi connectivity index (χ4v) is 1.31. The minimum atomic E-state index is -0.556. The van der Waals surface area contributed by atoms with E-state index in [2.05, 4.69) is 15.5 Å². The van der Waals surface area contributed by atoms with E-state index in [-0.39, 0.29) is 11.8 Å². The van der Waals surface area contributed by atoms with E-state index in [1.54, 1.807) is 6.07 Å². The van der Waals surface area contributed by atoms with E-state index in [1.165, 1.54) is 18.2 Å². The lowest BCUT2D eigenvalue weighted by molar-refractivity contribution is 0.0988. The van der Waals surface area contributed by atoms with Crippen LogP contribution >= 0.6 is 0 Å². The standard InChI is InChI=1S/C12H12FN3O2/c1-7(2)11-15-16-12(18-11)10(17)14-9-5-3-4-8(13)6-9/h3-7H,1-2H3,(H,14,17). The third-order valence-corrected chi connectivity index (χ3v) is 2.21. The Morgan fingerprint density at radius 1 is 1.39 bits per heavy atom. The minimum Gasteiger partial charge on any atom is -0.417 e. The van der Waals surface area contributed by atoms with Gasteiger partial charge in [0.1, 0.15) is 5.82 Å². The summed E-state index contributed by atoms with van der Waals surface area (Å²) in [6.45, 7) is 3.75. The number of carbonyl (C=O) groups is 1. The molecule has 0 aliphatic heterocycles. The molecule has 1 N–H and O–H groups in total. The zero-order valence-corrected chi connectivity index (χ0v) is 9.98. The maximum Gasteiger partial charge on any atom is 0.313 e. The van der Waals surface area contributed by atoms with E-state index in [9.17, 15) is 9.18 Å². The second kappa shape index (κ2) is 4.95. The Bertz CT molecular complexity index is 566. The number of rotatable bonds is 3. The molecule has 0 radical (unpaired) electrons. The minimum absolute atomic E-state index is 0.0493. The number of hydrogen-bond donors (Lipinski definition) is 1. The number of nitrogens with one attached hydrogen (secondary N) is 1. The number of nitrogens with zero attached hydrogens (tertiary/aromatic N) is 2. The smallest absolute Gasteiger partial charge is 0.313 e. The molecule has 0 saturated carbocycles. The fourth-order valence-electron chi connectivity index (χ4n) is 1.31. The van der Waals surface area contributed by atoms with Gasteiger partial charge in [0.15, 0.2) is 0 Å². The van der Waals surface area contributed by atoms with Crippen LogP contribution in [0.25, 0.3) is 0 Å². The highest BCUT2D eigenvalue weighted by Gasteiger charge is 2.16. The summed E-state index contributed by atoms with van der Waals surface area (Å²) in [7, 11) is 0. The largest absolute Gasteiger partial charge is 0.417 e. The predicted octanol–water partition coefficient (Wildman–Crippen LogP) is 2.58. The van der Waals surface area contributed by atoms with E-state index in [1.807, 2.05) is 13.8 Å². The Morgan fingerprint density at radius 3 is 2.78 bits per heavy atom. The third kappa shape index (κ3) is 2.71. The lowest BCUT2D eigenvalue weighted by atomic mass is 10.2. The summed E-state index contributed by atoms with van der Waals surface area (Å²) in [5.41, 5.74) is 0.337. The number of hydrogen-bond acceptors (Lipinski definition) is 4. The van der Waals surface area contributed by atoms with Crippen LogP contribution in [0.1, 0.15) is 36.3 Å². The number of anilines is 1. The Morgan fingerprint density at radius 2 is 2.17 bits per heavy atom. The normalized spacial score (nSPS) is 10.7. The molecule has 1 amide bonds. The fraction of sp³-hybridized carbons (Fsp3) is 0.250. The average Bonchev–Trinajstić information content (AvgIpc) is 2.78. The first-order valence-electron chi connectivity index (χ1n) is 5.46. The molecule has 0 bridgehead atoms. The number of halogens is 1. The van der Waals surface area contributed by atoms with Gasteiger partial charge in [-0.25, -0.2) is 4.39 Å². The van der Waals surface area contributed by atoms with E-state index in [0.29, 0.717) is 11.6 Å². The molecule has 1 aromatic heterocycles. The zero-order chi connectivity index (χ0) is 13.1. The summed E-state index contributed by atoms with van der Waals surface area (Å²) in [4.78, 5) is 11.7. The van der Waals surface area contributed by atoms with E-state index < -0.39 is 11.7 Å². The van der Waals surface area contributed by atoms with Gasteiger partial charge in [-0.15, -0.1) is 10.2 Å². The molecule has 0 aliphatic carbocycles. The van der Waals surface area contributed by atoms with Gasteiger partial charge in [-0.2, -0.15) is 0 Å². The molecule has 18 heavy (non-hydrogen) atoms. The molecule has 1 aromatic carbocycles. The maximum absolute atomic E-state index is 12.9. The third-order valence-electron chi connectivity index (χ3n) is 2.21. The van der Waals surface area contributed by atoms with Gasteiger partial charge < -0.3 is 9.73 Å². The van der Waals surface area contributed by atoms with Crippen molar-refractivity contribution in [3.8, 4) is 0 Å². The van der Waals surface area contributed by atoms with Crippen molar-refractivity contribution in [2.45, 2.75) is 19.8 Å². The van der Waals surface area contributed by atoms with E-state index >= 15 is 0 Å². The Kier molecular flexibility index (Phi) is 3.36. The molecular weight excluding hydrogens is 237 g/mol. The highest BCUT2D eigenvalue weighted by atomic mass is 19.1. The summed E-state index contributed by atoms with van der Waals surface area (Å²) in [5.74, 6) is -0.684. The van der Waals surface area contributed by atoms with E-state index in [0.717, 1.165) is 0 Å². The van der Waals surface area contributed by atoms with Crippen LogP contribution in [0.15, 0.2) is 28.7 Å². The molecule has 2 rings (SSSR count). The molecule has 0 atom stereocenters. The first-order chi connectivity index (χ1) is 8.56. The highest BCUT2D eigenvalue weighted by Crippen LogP contribution is 2.14. The summed E-state index contributed by atoms with van der Waals surface area (Å²) in [6.07, 6.45) is 0. The number of benzene rings is 1. The number of aromatic nitrogens is 2. The monoisotopic (exact) mass is 249 g/mol. The SMILES string of the molecule is CC(C)c1nnc(C(=O)Nc2cccc(F)c2)o1. The molecule has 0 saturated heterocycles. The molecule has 0 spiro atoms. The summed E-state index contributed by atoms with van der Waals surface area (Å²) >= 11 is 0. The Balaban J connectivity index is 2.12. The van der Waals surface area contributed by atoms with Crippen LogP contribution in [0.3, 0.4) is 0 Å². The van der Waals surface area contributed by atoms with E-state index in [4.69, 9.17) is 4.42 Å². The average molecular weight is 249 g/mol. The topological polar surface area (TPSA) is 68.0 Å². The maximum atomic E-state index is 12.9. The van der Waals surface area contributed by atoms with Crippen LogP contribution in [0.2, 0.25) is 0 Å². The second-order valence-corrected chi connectivity index (χ2v) is 4.06. The predicted molar refractivity (Wildman–Crippen MR) is 62.7 cm³/mol. The lowest BCUT2D eigenvalue weighted by Gasteiger charge is -2.01. The van der Waals surface area contributed by atoms with Gasteiger partial charge in [0.25, 0.3) is 0 Å². The highest BCUT2D eigenvalue weighted by molar-refractivity contribution is 6.00. The van der Waals surface area contributed by atoms with Gasteiger partial charge in [0, 0.05) is 11.6 Å². The van der Waals surface area contributed by atoms with Gasteiger partial charge in [-0.3, -0.25) is 4.79 Å². The molecule has 6 heteroatoms. The van der Waals surface area contributed by atoms with Crippen molar-refractivity contribution in [3.05, 3.63) is 41.9 Å². The van der Waals surface area contributed by atoms with Gasteiger partial charge in [-0.05, 0) is 18.2 Å². The number of amides is 1. The molecule has 5 nitrogen and oxygen atoms in total. The second-order valence-electron chi connectivity index (χ2n) is 4.06. The molecular formula is C12H12FN3O2. The van der Waals surface area contributed by atoms with Crippen LogP contribution in [-0.2, 0) is 0 Å².